The summed E-state index contributed by atoms with van der Waals surface area (Å²) in [5, 5.41) is 9.46. The van der Waals surface area contributed by atoms with Crippen LogP contribution < -0.4 is 5.73 Å². The topological polar surface area (TPSA) is 63.3 Å². The second-order valence-corrected chi connectivity index (χ2v) is 4.78. The number of nitrogen functional groups attached to an aromatic ring is 1. The third-order valence-corrected chi connectivity index (χ3v) is 3.52. The molecule has 3 N–H and O–H groups in total. The normalized spacial score (nSPS) is 14.3. The van der Waals surface area contributed by atoms with Crippen molar-refractivity contribution >= 4 is 23.3 Å². The summed E-state index contributed by atoms with van der Waals surface area (Å²) in [6, 6.07) is 5.37. The predicted molar refractivity (Wildman–Crippen MR) is 70.3 cm³/mol. The second kappa shape index (κ2) is 5.92. The van der Waals surface area contributed by atoms with Crippen LogP contribution in [0.1, 0.15) is 38.2 Å². The van der Waals surface area contributed by atoms with Crippen molar-refractivity contribution in [2.24, 2.45) is 5.92 Å². The lowest BCUT2D eigenvalue weighted by atomic mass is 9.83. The van der Waals surface area contributed by atoms with E-state index in [9.17, 15) is 4.79 Å². The zero-order valence-electron chi connectivity index (χ0n) is 10.1. The zero-order valence-corrected chi connectivity index (χ0v) is 10.9. The van der Waals surface area contributed by atoms with Gasteiger partial charge in [-0.05, 0) is 29.5 Å². The molecule has 3 nitrogen and oxygen atoms in total. The van der Waals surface area contributed by atoms with Gasteiger partial charge in [0, 0.05) is 0 Å². The minimum atomic E-state index is -0.788. The van der Waals surface area contributed by atoms with Gasteiger partial charge in [-0.2, -0.15) is 0 Å². The summed E-state index contributed by atoms with van der Waals surface area (Å²) >= 11 is 5.86. The lowest BCUT2D eigenvalue weighted by Crippen LogP contribution is -2.14. The Labute approximate surface area is 107 Å². The summed E-state index contributed by atoms with van der Waals surface area (Å²) < 4.78 is 0. The van der Waals surface area contributed by atoms with E-state index in [1.165, 1.54) is 0 Å². The van der Waals surface area contributed by atoms with E-state index in [1.54, 1.807) is 12.1 Å². The van der Waals surface area contributed by atoms with Crippen molar-refractivity contribution in [3.8, 4) is 0 Å². The van der Waals surface area contributed by atoms with Crippen molar-refractivity contribution in [2.45, 2.75) is 32.6 Å². The van der Waals surface area contributed by atoms with Gasteiger partial charge in [0.25, 0.3) is 0 Å². The Bertz CT molecular complexity index is 406. The smallest absolute Gasteiger partial charge is 0.303 e. The Hall–Kier alpha value is -1.22. The number of carboxylic acids is 1. The molecule has 2 unspecified atom stereocenters. The lowest BCUT2D eigenvalue weighted by molar-refractivity contribution is -0.137. The van der Waals surface area contributed by atoms with E-state index in [1.807, 2.05) is 6.07 Å². The van der Waals surface area contributed by atoms with Crippen molar-refractivity contribution in [2.75, 3.05) is 5.73 Å². The van der Waals surface area contributed by atoms with Crippen LogP contribution in [0.25, 0.3) is 0 Å². The van der Waals surface area contributed by atoms with Gasteiger partial charge in [-0.1, -0.05) is 37.9 Å². The third kappa shape index (κ3) is 3.63. The first-order valence-electron chi connectivity index (χ1n) is 5.72. The van der Waals surface area contributed by atoms with Gasteiger partial charge in [0.2, 0.25) is 0 Å². The molecule has 0 fully saturated rings. The number of nitrogens with two attached hydrogens (primary N) is 1. The molecule has 2 atom stereocenters. The van der Waals surface area contributed by atoms with Gasteiger partial charge in [-0.15, -0.1) is 0 Å². The second-order valence-electron chi connectivity index (χ2n) is 4.37. The van der Waals surface area contributed by atoms with E-state index in [0.717, 1.165) is 12.0 Å². The zero-order chi connectivity index (χ0) is 13.0. The van der Waals surface area contributed by atoms with Crippen molar-refractivity contribution in [3.05, 3.63) is 28.8 Å². The first kappa shape index (κ1) is 13.8. The van der Waals surface area contributed by atoms with Gasteiger partial charge in [-0.25, -0.2) is 0 Å². The minimum absolute atomic E-state index is 0.0166. The van der Waals surface area contributed by atoms with Gasteiger partial charge in [-0.3, -0.25) is 4.79 Å². The number of carbonyl (C=O) groups is 1. The first-order valence-corrected chi connectivity index (χ1v) is 6.10. The highest BCUT2D eigenvalue weighted by atomic mass is 35.5. The van der Waals surface area contributed by atoms with Crippen LogP contribution in [0.2, 0.25) is 5.02 Å². The van der Waals surface area contributed by atoms with Crippen LogP contribution >= 0.6 is 11.6 Å². The third-order valence-electron chi connectivity index (χ3n) is 3.17. The molecule has 17 heavy (non-hydrogen) atoms. The molecule has 0 radical (unpaired) electrons. The first-order chi connectivity index (χ1) is 7.95. The Balaban J connectivity index is 3.03. The molecule has 0 amide bonds. The highest BCUT2D eigenvalue weighted by Crippen LogP contribution is 2.33. The molecular weight excluding hydrogens is 238 g/mol. The number of hydrogen-bond donors (Lipinski definition) is 2. The maximum absolute atomic E-state index is 10.9. The number of carboxylic acid groups (broad SMARTS) is 1. The molecule has 0 aromatic heterocycles. The fraction of sp³-hybridized carbons (Fsp3) is 0.462. The van der Waals surface area contributed by atoms with Gasteiger partial charge in [0.1, 0.15) is 0 Å². The summed E-state index contributed by atoms with van der Waals surface area (Å²) in [7, 11) is 0. The monoisotopic (exact) mass is 255 g/mol. The largest absolute Gasteiger partial charge is 0.481 e. The predicted octanol–water partition coefficient (Wildman–Crippen LogP) is 3.53. The lowest BCUT2D eigenvalue weighted by Gasteiger charge is -2.22. The van der Waals surface area contributed by atoms with Crippen molar-refractivity contribution in [1.29, 1.82) is 0 Å². The highest BCUT2D eigenvalue weighted by Gasteiger charge is 2.21. The van der Waals surface area contributed by atoms with Crippen LogP contribution in [0, 0.1) is 5.92 Å². The number of rotatable bonds is 5. The van der Waals surface area contributed by atoms with Gasteiger partial charge >= 0.3 is 5.97 Å². The molecule has 0 aliphatic heterocycles. The average molecular weight is 256 g/mol. The van der Waals surface area contributed by atoms with Gasteiger partial charge in [0.05, 0.1) is 17.1 Å². The van der Waals surface area contributed by atoms with E-state index in [0.29, 0.717) is 16.6 Å². The Morgan fingerprint density at radius 2 is 2.18 bits per heavy atom. The molecule has 4 heteroatoms. The summed E-state index contributed by atoms with van der Waals surface area (Å²) in [6.45, 7) is 4.11. The molecule has 0 aliphatic rings. The molecule has 0 aliphatic carbocycles. The summed E-state index contributed by atoms with van der Waals surface area (Å²) in [6.07, 6.45) is 1.05. The van der Waals surface area contributed by atoms with E-state index in [-0.39, 0.29) is 12.3 Å². The Morgan fingerprint density at radius 3 is 2.65 bits per heavy atom. The van der Waals surface area contributed by atoms with Crippen molar-refractivity contribution in [1.82, 2.24) is 0 Å². The molecule has 1 aromatic rings. The molecule has 0 saturated heterocycles. The Morgan fingerprint density at radius 1 is 1.53 bits per heavy atom. The molecule has 1 rings (SSSR count). The number of halogens is 1. The number of hydrogen-bond acceptors (Lipinski definition) is 2. The number of benzene rings is 1. The number of aliphatic carboxylic acids is 1. The van der Waals surface area contributed by atoms with E-state index in [2.05, 4.69) is 13.8 Å². The van der Waals surface area contributed by atoms with Gasteiger partial charge < -0.3 is 10.8 Å². The van der Waals surface area contributed by atoms with Crippen LogP contribution in [0.3, 0.4) is 0 Å². The molecule has 94 valence electrons. The van der Waals surface area contributed by atoms with Crippen LogP contribution in [0.4, 0.5) is 5.69 Å². The fourth-order valence-corrected chi connectivity index (χ4v) is 2.03. The van der Waals surface area contributed by atoms with E-state index in [4.69, 9.17) is 22.4 Å². The molecule has 1 aromatic carbocycles. The highest BCUT2D eigenvalue weighted by molar-refractivity contribution is 6.33. The Kier molecular flexibility index (Phi) is 4.82. The van der Waals surface area contributed by atoms with E-state index >= 15 is 0 Å². The summed E-state index contributed by atoms with van der Waals surface area (Å²) in [5.41, 5.74) is 7.20. The summed E-state index contributed by atoms with van der Waals surface area (Å²) in [4.78, 5) is 10.9. The van der Waals surface area contributed by atoms with Crippen molar-refractivity contribution in [3.63, 3.8) is 0 Å². The average Bonchev–Trinajstić information content (AvgIpc) is 2.28. The number of anilines is 1. The quantitative estimate of drug-likeness (QED) is 0.791. The van der Waals surface area contributed by atoms with E-state index < -0.39 is 5.97 Å². The molecule has 0 heterocycles. The maximum Gasteiger partial charge on any atom is 0.303 e. The van der Waals surface area contributed by atoms with Crippen LogP contribution in [-0.2, 0) is 4.79 Å². The van der Waals surface area contributed by atoms with Crippen LogP contribution in [0.15, 0.2) is 18.2 Å². The molecule has 0 saturated carbocycles. The fourth-order valence-electron chi connectivity index (χ4n) is 1.91. The standard InChI is InChI=1S/C13H18ClNO2/c1-3-8(2)10(7-13(16)17)9-4-5-11(14)12(15)6-9/h4-6,8,10H,3,7,15H2,1-2H3,(H,16,17). The summed E-state index contributed by atoms with van der Waals surface area (Å²) in [5.74, 6) is -0.507. The van der Waals surface area contributed by atoms with Crippen LogP contribution in [0.5, 0.6) is 0 Å². The maximum atomic E-state index is 10.9. The minimum Gasteiger partial charge on any atom is -0.481 e. The molecule has 0 bridgehead atoms. The molecular formula is C13H18ClNO2. The van der Waals surface area contributed by atoms with Gasteiger partial charge in [0.15, 0.2) is 0 Å². The van der Waals surface area contributed by atoms with Crippen LogP contribution in [-0.4, -0.2) is 11.1 Å². The van der Waals surface area contributed by atoms with Crippen molar-refractivity contribution < 1.29 is 9.90 Å². The SMILES string of the molecule is CCC(C)C(CC(=O)O)c1ccc(Cl)c(N)c1. The molecule has 0 spiro atoms.